The van der Waals surface area contributed by atoms with Gasteiger partial charge in [0.05, 0.1) is 21.3 Å². The van der Waals surface area contributed by atoms with Crippen molar-refractivity contribution in [2.45, 2.75) is 6.42 Å². The molecule has 6 heteroatoms. The Labute approximate surface area is 164 Å². The average Bonchev–Trinajstić information content (AvgIpc) is 3.14. The molecule has 2 aromatic carbocycles. The fourth-order valence-corrected chi connectivity index (χ4v) is 3.00. The number of methoxy groups -OCH3 is 3. The van der Waals surface area contributed by atoms with E-state index in [2.05, 4.69) is 10.3 Å². The molecule has 6 nitrogen and oxygen atoms in total. The quantitative estimate of drug-likeness (QED) is 0.586. The van der Waals surface area contributed by atoms with E-state index in [-0.39, 0.29) is 5.91 Å². The van der Waals surface area contributed by atoms with Gasteiger partial charge in [-0.15, -0.1) is 0 Å². The highest BCUT2D eigenvalue weighted by Gasteiger charge is 2.06. The second-order valence-electron chi connectivity index (χ2n) is 6.21. The van der Waals surface area contributed by atoms with Crippen molar-refractivity contribution in [2.24, 2.45) is 0 Å². The summed E-state index contributed by atoms with van der Waals surface area (Å²) in [4.78, 5) is 15.3. The van der Waals surface area contributed by atoms with Gasteiger partial charge >= 0.3 is 0 Å². The molecular formula is C22H24N2O4. The number of rotatable bonds is 8. The maximum atomic E-state index is 12.1. The minimum Gasteiger partial charge on any atom is -0.497 e. The molecule has 0 aliphatic carbocycles. The van der Waals surface area contributed by atoms with Crippen molar-refractivity contribution >= 4 is 22.9 Å². The Morgan fingerprint density at radius 3 is 2.61 bits per heavy atom. The van der Waals surface area contributed by atoms with Crippen LogP contribution in [0, 0.1) is 0 Å². The van der Waals surface area contributed by atoms with Gasteiger partial charge in [-0.05, 0) is 54.0 Å². The summed E-state index contributed by atoms with van der Waals surface area (Å²) in [7, 11) is 4.82. The molecule has 0 aliphatic heterocycles. The molecule has 0 saturated carbocycles. The molecule has 0 unspecified atom stereocenters. The third-order valence-electron chi connectivity index (χ3n) is 4.50. The van der Waals surface area contributed by atoms with Gasteiger partial charge < -0.3 is 24.5 Å². The van der Waals surface area contributed by atoms with E-state index in [9.17, 15) is 4.79 Å². The molecule has 2 N–H and O–H groups in total. The Morgan fingerprint density at radius 1 is 1.04 bits per heavy atom. The van der Waals surface area contributed by atoms with Crippen molar-refractivity contribution < 1.29 is 19.0 Å². The van der Waals surface area contributed by atoms with E-state index in [0.29, 0.717) is 18.0 Å². The second-order valence-corrected chi connectivity index (χ2v) is 6.21. The SMILES string of the molecule is COc1ccc2[nH]cc(CCNC(=O)/C=C/c3ccc(OC)c(OC)c3)c2c1. The molecule has 0 spiro atoms. The molecule has 3 aromatic rings. The zero-order chi connectivity index (χ0) is 19.9. The first-order valence-corrected chi connectivity index (χ1v) is 8.96. The maximum Gasteiger partial charge on any atom is 0.244 e. The first kappa shape index (κ1) is 19.4. The average molecular weight is 380 g/mol. The first-order chi connectivity index (χ1) is 13.6. The van der Waals surface area contributed by atoms with E-state index in [1.54, 1.807) is 27.4 Å². The van der Waals surface area contributed by atoms with Crippen LogP contribution < -0.4 is 19.5 Å². The number of nitrogens with one attached hydrogen (secondary N) is 2. The van der Waals surface area contributed by atoms with Crippen LogP contribution in [0.1, 0.15) is 11.1 Å². The van der Waals surface area contributed by atoms with Crippen LogP contribution in [0.4, 0.5) is 0 Å². The minimum absolute atomic E-state index is 0.146. The summed E-state index contributed by atoms with van der Waals surface area (Å²) in [5.41, 5.74) is 3.05. The summed E-state index contributed by atoms with van der Waals surface area (Å²) in [6.07, 6.45) is 5.95. The van der Waals surface area contributed by atoms with Gasteiger partial charge in [0.2, 0.25) is 5.91 Å². The molecule has 1 amide bonds. The molecule has 28 heavy (non-hydrogen) atoms. The molecule has 0 aliphatic rings. The molecule has 0 radical (unpaired) electrons. The number of ether oxygens (including phenoxy) is 3. The monoisotopic (exact) mass is 380 g/mol. The third kappa shape index (κ3) is 4.46. The molecule has 0 saturated heterocycles. The maximum absolute atomic E-state index is 12.1. The summed E-state index contributed by atoms with van der Waals surface area (Å²) in [6.45, 7) is 0.541. The Balaban J connectivity index is 1.57. The van der Waals surface area contributed by atoms with Crippen LogP contribution in [0.5, 0.6) is 17.2 Å². The normalized spacial score (nSPS) is 11.0. The van der Waals surface area contributed by atoms with Crippen molar-refractivity contribution in [3.63, 3.8) is 0 Å². The van der Waals surface area contributed by atoms with E-state index < -0.39 is 0 Å². The lowest BCUT2D eigenvalue weighted by Crippen LogP contribution is -2.23. The molecule has 1 aromatic heterocycles. The largest absolute Gasteiger partial charge is 0.497 e. The van der Waals surface area contributed by atoms with E-state index >= 15 is 0 Å². The predicted molar refractivity (Wildman–Crippen MR) is 110 cm³/mol. The summed E-state index contributed by atoms with van der Waals surface area (Å²) in [5.74, 6) is 1.95. The van der Waals surface area contributed by atoms with Crippen LogP contribution >= 0.6 is 0 Å². The van der Waals surface area contributed by atoms with Crippen molar-refractivity contribution in [3.05, 3.63) is 59.8 Å². The van der Waals surface area contributed by atoms with Crippen molar-refractivity contribution in [1.29, 1.82) is 0 Å². The number of fused-ring (bicyclic) bond motifs is 1. The van der Waals surface area contributed by atoms with E-state index in [1.165, 1.54) is 6.08 Å². The molecule has 146 valence electrons. The number of benzene rings is 2. The lowest BCUT2D eigenvalue weighted by Gasteiger charge is -2.07. The second kappa shape index (κ2) is 8.99. The van der Waals surface area contributed by atoms with Gasteiger partial charge in [0.1, 0.15) is 5.75 Å². The van der Waals surface area contributed by atoms with E-state index in [1.807, 2.05) is 42.6 Å². The molecule has 0 fully saturated rings. The van der Waals surface area contributed by atoms with Gasteiger partial charge in [-0.1, -0.05) is 6.07 Å². The summed E-state index contributed by atoms with van der Waals surface area (Å²) in [6, 6.07) is 11.4. The van der Waals surface area contributed by atoms with E-state index in [0.717, 1.165) is 34.2 Å². The lowest BCUT2D eigenvalue weighted by atomic mass is 10.1. The van der Waals surface area contributed by atoms with Crippen molar-refractivity contribution in [1.82, 2.24) is 10.3 Å². The Morgan fingerprint density at radius 2 is 1.86 bits per heavy atom. The molecule has 0 atom stereocenters. The lowest BCUT2D eigenvalue weighted by molar-refractivity contribution is -0.116. The fraction of sp³-hybridized carbons (Fsp3) is 0.227. The molecule has 0 bridgehead atoms. The van der Waals surface area contributed by atoms with E-state index in [4.69, 9.17) is 14.2 Å². The van der Waals surface area contributed by atoms with Crippen LogP contribution in [-0.2, 0) is 11.2 Å². The Bertz CT molecular complexity index is 991. The first-order valence-electron chi connectivity index (χ1n) is 8.96. The summed E-state index contributed by atoms with van der Waals surface area (Å²) >= 11 is 0. The Kier molecular flexibility index (Phi) is 6.22. The zero-order valence-corrected chi connectivity index (χ0v) is 16.2. The minimum atomic E-state index is -0.146. The van der Waals surface area contributed by atoms with Crippen molar-refractivity contribution in [2.75, 3.05) is 27.9 Å². The van der Waals surface area contributed by atoms with Gasteiger partial charge in [-0.3, -0.25) is 4.79 Å². The van der Waals surface area contributed by atoms with Crippen molar-refractivity contribution in [3.8, 4) is 17.2 Å². The molecular weight excluding hydrogens is 356 g/mol. The van der Waals surface area contributed by atoms with Crippen LogP contribution in [0.3, 0.4) is 0 Å². The Hall–Kier alpha value is -3.41. The van der Waals surface area contributed by atoms with Crippen LogP contribution in [-0.4, -0.2) is 38.8 Å². The van der Waals surface area contributed by atoms with Gasteiger partial charge in [0.15, 0.2) is 11.5 Å². The van der Waals surface area contributed by atoms with Crippen LogP contribution in [0.15, 0.2) is 48.7 Å². The molecule has 1 heterocycles. The van der Waals surface area contributed by atoms with Gasteiger partial charge in [-0.25, -0.2) is 0 Å². The third-order valence-corrected chi connectivity index (χ3v) is 4.50. The smallest absolute Gasteiger partial charge is 0.244 e. The number of carbonyl (C=O) groups is 1. The number of carbonyl (C=O) groups excluding carboxylic acids is 1. The highest BCUT2D eigenvalue weighted by molar-refractivity contribution is 5.92. The summed E-state index contributed by atoms with van der Waals surface area (Å²) in [5, 5.41) is 4.01. The van der Waals surface area contributed by atoms with Gasteiger partial charge in [-0.2, -0.15) is 0 Å². The highest BCUT2D eigenvalue weighted by Crippen LogP contribution is 2.28. The summed E-state index contributed by atoms with van der Waals surface area (Å²) < 4.78 is 15.8. The number of hydrogen-bond acceptors (Lipinski definition) is 4. The highest BCUT2D eigenvalue weighted by atomic mass is 16.5. The van der Waals surface area contributed by atoms with Crippen LogP contribution in [0.25, 0.3) is 17.0 Å². The topological polar surface area (TPSA) is 72.6 Å². The number of aromatic nitrogens is 1. The van der Waals surface area contributed by atoms with Crippen LogP contribution in [0.2, 0.25) is 0 Å². The number of amides is 1. The zero-order valence-electron chi connectivity index (χ0n) is 16.2. The standard InChI is InChI=1S/C22H24N2O4/c1-26-17-6-7-19-18(13-17)16(14-24-19)10-11-23-22(25)9-5-15-4-8-20(27-2)21(12-15)28-3/h4-9,12-14,24H,10-11H2,1-3H3,(H,23,25)/b9-5+. The fourth-order valence-electron chi connectivity index (χ4n) is 3.00. The number of aromatic amines is 1. The predicted octanol–water partition coefficient (Wildman–Crippen LogP) is 3.57. The van der Waals surface area contributed by atoms with Gasteiger partial charge in [0.25, 0.3) is 0 Å². The number of hydrogen-bond donors (Lipinski definition) is 2. The van der Waals surface area contributed by atoms with Gasteiger partial charge in [0, 0.05) is 29.7 Å². The molecule has 3 rings (SSSR count). The number of H-pyrrole nitrogens is 1.